The van der Waals surface area contributed by atoms with Crippen LogP contribution in [0.1, 0.15) is 40.0 Å². The molecule has 2 saturated carbocycles. The second kappa shape index (κ2) is 4.48. The summed E-state index contributed by atoms with van der Waals surface area (Å²) >= 11 is 0. The first kappa shape index (κ1) is 12.7. The number of fused-ring (bicyclic) bond motifs is 2. The van der Waals surface area contributed by atoms with Crippen molar-refractivity contribution >= 4 is 6.09 Å². The molecule has 4 heteroatoms. The molecule has 0 aromatic heterocycles. The molecule has 2 aliphatic rings. The van der Waals surface area contributed by atoms with Gasteiger partial charge in [0.05, 0.1) is 0 Å². The van der Waals surface area contributed by atoms with Crippen molar-refractivity contribution in [2.75, 3.05) is 6.61 Å². The number of nitrogens with one attached hydrogen (secondary N) is 1. The van der Waals surface area contributed by atoms with Gasteiger partial charge in [-0.25, -0.2) is 4.79 Å². The van der Waals surface area contributed by atoms with Crippen LogP contribution in [0.3, 0.4) is 0 Å². The van der Waals surface area contributed by atoms with E-state index in [2.05, 4.69) is 5.32 Å². The molecule has 0 aromatic rings. The molecule has 4 atom stereocenters. The number of carbonyl (C=O) groups excluding carboxylic acids is 1. The predicted molar refractivity (Wildman–Crippen MR) is 64.6 cm³/mol. The number of hydrogen-bond acceptors (Lipinski definition) is 3. The van der Waals surface area contributed by atoms with E-state index in [0.29, 0.717) is 11.8 Å². The lowest BCUT2D eigenvalue weighted by Crippen LogP contribution is -2.47. The normalized spacial score (nSPS) is 36.0. The van der Waals surface area contributed by atoms with Gasteiger partial charge in [-0.1, -0.05) is 0 Å². The molecule has 0 aliphatic heterocycles. The highest BCUT2D eigenvalue weighted by Crippen LogP contribution is 2.48. The van der Waals surface area contributed by atoms with Crippen molar-refractivity contribution in [2.24, 2.45) is 17.8 Å². The Hall–Kier alpha value is -0.770. The summed E-state index contributed by atoms with van der Waals surface area (Å²) in [6, 6.07) is 0.105. The van der Waals surface area contributed by atoms with E-state index in [-0.39, 0.29) is 24.7 Å². The molecule has 1 amide bonds. The third kappa shape index (κ3) is 2.73. The number of alkyl carbamates (subject to hydrolysis) is 1. The van der Waals surface area contributed by atoms with Crippen LogP contribution >= 0.6 is 0 Å². The zero-order valence-corrected chi connectivity index (χ0v) is 10.9. The van der Waals surface area contributed by atoms with E-state index in [4.69, 9.17) is 4.74 Å². The van der Waals surface area contributed by atoms with Crippen molar-refractivity contribution < 1.29 is 14.6 Å². The number of hydrogen-bond donors (Lipinski definition) is 2. The maximum atomic E-state index is 11.7. The minimum atomic E-state index is -0.462. The topological polar surface area (TPSA) is 58.6 Å². The zero-order chi connectivity index (χ0) is 12.6. The van der Waals surface area contributed by atoms with E-state index >= 15 is 0 Å². The van der Waals surface area contributed by atoms with Crippen LogP contribution in [0.25, 0.3) is 0 Å². The van der Waals surface area contributed by atoms with Gasteiger partial charge in [0, 0.05) is 18.6 Å². The highest BCUT2D eigenvalue weighted by molar-refractivity contribution is 5.68. The average molecular weight is 241 g/mol. The highest BCUT2D eigenvalue weighted by atomic mass is 16.6. The average Bonchev–Trinajstić information content (AvgIpc) is 2.74. The fraction of sp³-hybridized carbons (Fsp3) is 0.923. The minimum Gasteiger partial charge on any atom is -0.444 e. The molecule has 98 valence electrons. The first-order valence-corrected chi connectivity index (χ1v) is 6.51. The Morgan fingerprint density at radius 1 is 1.35 bits per heavy atom. The van der Waals surface area contributed by atoms with Crippen LogP contribution in [0.5, 0.6) is 0 Å². The molecule has 2 bridgehead atoms. The smallest absolute Gasteiger partial charge is 0.407 e. The van der Waals surface area contributed by atoms with Crippen molar-refractivity contribution in [3.63, 3.8) is 0 Å². The van der Waals surface area contributed by atoms with Gasteiger partial charge in [0.15, 0.2) is 0 Å². The van der Waals surface area contributed by atoms with Crippen LogP contribution in [0.15, 0.2) is 0 Å². The van der Waals surface area contributed by atoms with E-state index in [0.717, 1.165) is 6.42 Å². The van der Waals surface area contributed by atoms with E-state index < -0.39 is 5.60 Å². The van der Waals surface area contributed by atoms with Crippen LogP contribution in [-0.4, -0.2) is 29.4 Å². The van der Waals surface area contributed by atoms with Crippen LogP contribution in [0.2, 0.25) is 0 Å². The second-order valence-electron chi connectivity index (χ2n) is 6.35. The lowest BCUT2D eigenvalue weighted by atomic mass is 9.85. The molecule has 2 rings (SSSR count). The van der Waals surface area contributed by atoms with Crippen LogP contribution < -0.4 is 5.32 Å². The van der Waals surface area contributed by atoms with E-state index in [9.17, 15) is 9.90 Å². The van der Waals surface area contributed by atoms with Crippen molar-refractivity contribution in [1.29, 1.82) is 0 Å². The van der Waals surface area contributed by atoms with Crippen molar-refractivity contribution in [3.05, 3.63) is 0 Å². The maximum Gasteiger partial charge on any atom is 0.407 e. The summed E-state index contributed by atoms with van der Waals surface area (Å²) in [5.74, 6) is 1.34. The quantitative estimate of drug-likeness (QED) is 0.776. The van der Waals surface area contributed by atoms with Gasteiger partial charge in [-0.2, -0.15) is 0 Å². The summed E-state index contributed by atoms with van der Waals surface area (Å²) in [4.78, 5) is 11.7. The largest absolute Gasteiger partial charge is 0.444 e. The standard InChI is InChI=1S/C13H23NO3/c1-13(2,3)17-12(16)14-11-9-5-4-8(6-9)10(11)7-15/h8-11,15H,4-7H2,1-3H3,(H,14,16)/t8-,9-,10-,11-/m0/s1. The van der Waals surface area contributed by atoms with E-state index in [1.165, 1.54) is 12.8 Å². The summed E-state index contributed by atoms with van der Waals surface area (Å²) in [5.41, 5.74) is -0.462. The third-order valence-electron chi connectivity index (χ3n) is 3.98. The zero-order valence-electron chi connectivity index (χ0n) is 10.9. The molecular weight excluding hydrogens is 218 g/mol. The predicted octanol–water partition coefficient (Wildman–Crippen LogP) is 1.92. The number of carbonyl (C=O) groups is 1. The van der Waals surface area contributed by atoms with Crippen molar-refractivity contribution in [2.45, 2.75) is 51.7 Å². The molecule has 0 spiro atoms. The van der Waals surface area contributed by atoms with Gasteiger partial charge < -0.3 is 15.2 Å². The first-order valence-electron chi connectivity index (χ1n) is 6.51. The molecule has 0 radical (unpaired) electrons. The SMILES string of the molecule is CC(C)(C)OC(=O)N[C@H]1[C@H]2CC[C@@H](C2)[C@@H]1CO. The van der Waals surface area contributed by atoms with Gasteiger partial charge in [-0.3, -0.25) is 0 Å². The van der Waals surface area contributed by atoms with Crippen molar-refractivity contribution in [3.8, 4) is 0 Å². The maximum absolute atomic E-state index is 11.7. The summed E-state index contributed by atoms with van der Waals surface area (Å²) in [6.45, 7) is 5.74. The van der Waals surface area contributed by atoms with Gasteiger partial charge in [0.1, 0.15) is 5.60 Å². The Kier molecular flexibility index (Phi) is 3.34. The highest BCUT2D eigenvalue weighted by Gasteiger charge is 2.48. The summed E-state index contributed by atoms with van der Waals surface area (Å²) in [7, 11) is 0. The molecule has 4 nitrogen and oxygen atoms in total. The second-order valence-corrected chi connectivity index (χ2v) is 6.35. The first-order chi connectivity index (χ1) is 7.90. The molecule has 0 aromatic carbocycles. The fourth-order valence-electron chi connectivity index (χ4n) is 3.34. The van der Waals surface area contributed by atoms with Crippen LogP contribution in [0, 0.1) is 17.8 Å². The molecule has 0 heterocycles. The Morgan fingerprint density at radius 2 is 2.00 bits per heavy atom. The summed E-state index contributed by atoms with van der Waals surface area (Å²) in [5, 5.41) is 12.4. The number of ether oxygens (including phenoxy) is 1. The molecular formula is C13H23NO3. The summed E-state index contributed by atoms with van der Waals surface area (Å²) < 4.78 is 5.27. The molecule has 2 N–H and O–H groups in total. The van der Waals surface area contributed by atoms with Crippen LogP contribution in [0.4, 0.5) is 4.79 Å². The van der Waals surface area contributed by atoms with Crippen molar-refractivity contribution in [1.82, 2.24) is 5.32 Å². The molecule has 2 fully saturated rings. The van der Waals surface area contributed by atoms with Gasteiger partial charge in [0.2, 0.25) is 0 Å². The number of rotatable bonds is 2. The Morgan fingerprint density at radius 3 is 2.59 bits per heavy atom. The number of amides is 1. The third-order valence-corrected chi connectivity index (χ3v) is 3.98. The Balaban J connectivity index is 1.92. The monoisotopic (exact) mass is 241 g/mol. The number of aliphatic hydroxyl groups excluding tert-OH is 1. The fourth-order valence-corrected chi connectivity index (χ4v) is 3.34. The van der Waals surface area contributed by atoms with E-state index in [1.54, 1.807) is 0 Å². The molecule has 0 saturated heterocycles. The minimum absolute atomic E-state index is 0.105. The Labute approximate surface area is 103 Å². The van der Waals surface area contributed by atoms with Gasteiger partial charge in [0.25, 0.3) is 0 Å². The summed E-state index contributed by atoms with van der Waals surface area (Å²) in [6.07, 6.45) is 3.16. The molecule has 0 unspecified atom stereocenters. The van der Waals surface area contributed by atoms with E-state index in [1.807, 2.05) is 20.8 Å². The number of aliphatic hydroxyl groups is 1. The lowest BCUT2D eigenvalue weighted by Gasteiger charge is -2.31. The molecule has 2 aliphatic carbocycles. The Bertz CT molecular complexity index is 298. The van der Waals surface area contributed by atoms with Gasteiger partial charge >= 0.3 is 6.09 Å². The van der Waals surface area contributed by atoms with Gasteiger partial charge in [-0.15, -0.1) is 0 Å². The lowest BCUT2D eigenvalue weighted by molar-refractivity contribution is 0.0437. The van der Waals surface area contributed by atoms with Gasteiger partial charge in [-0.05, 0) is 51.9 Å². The molecule has 17 heavy (non-hydrogen) atoms. The van der Waals surface area contributed by atoms with Crippen LogP contribution in [-0.2, 0) is 4.74 Å².